The number of hydrogen-bond acceptors (Lipinski definition) is 5. The summed E-state index contributed by atoms with van der Waals surface area (Å²) in [5.41, 5.74) is 19.0. The Labute approximate surface area is 354 Å². The molecule has 0 atom stereocenters. The summed E-state index contributed by atoms with van der Waals surface area (Å²) < 4.78 is 15.8. The van der Waals surface area contributed by atoms with Gasteiger partial charge in [-0.05, 0) is 157 Å². The van der Waals surface area contributed by atoms with E-state index in [1.54, 1.807) is 0 Å². The van der Waals surface area contributed by atoms with E-state index in [1.165, 1.54) is 66.3 Å². The van der Waals surface area contributed by atoms with Crippen LogP contribution in [0, 0.1) is 55.4 Å². The van der Waals surface area contributed by atoms with Gasteiger partial charge >= 0.3 is 7.12 Å². The number of aromatic nitrogens is 4. The van der Waals surface area contributed by atoms with Crippen LogP contribution in [-0.2, 0) is 9.31 Å². The normalized spacial score (nSPS) is 14.8. The van der Waals surface area contributed by atoms with Crippen molar-refractivity contribution >= 4 is 34.4 Å². The second kappa shape index (κ2) is 14.4. The summed E-state index contributed by atoms with van der Waals surface area (Å²) in [7, 11) is -0.508. The second-order valence-electron chi connectivity index (χ2n) is 17.8. The minimum absolute atomic E-state index is 0.468. The first-order chi connectivity index (χ1) is 28.6. The number of nitrogens with zero attached hydrogens (tertiary/aromatic N) is 4. The Morgan fingerprint density at radius 2 is 0.867 bits per heavy atom. The van der Waals surface area contributed by atoms with Crippen LogP contribution in [0.1, 0.15) is 72.2 Å². The fourth-order valence-electron chi connectivity index (χ4n) is 8.98. The van der Waals surface area contributed by atoms with Crippen LogP contribution < -0.4 is 5.46 Å². The lowest BCUT2D eigenvalue weighted by Gasteiger charge is -2.32. The van der Waals surface area contributed by atoms with Crippen molar-refractivity contribution in [3.63, 3.8) is 0 Å². The Hall–Kier alpha value is -5.89. The summed E-state index contributed by atoms with van der Waals surface area (Å²) in [6, 6.07) is 35.7. The van der Waals surface area contributed by atoms with E-state index < -0.39 is 18.3 Å². The molecule has 0 amide bonds. The third-order valence-electron chi connectivity index (χ3n) is 13.9. The molecule has 2 aromatic heterocycles. The summed E-state index contributed by atoms with van der Waals surface area (Å²) in [5.74, 6) is 1.87. The number of fused-ring (bicyclic) bond motifs is 3. The highest BCUT2D eigenvalue weighted by Crippen LogP contribution is 2.46. The fourth-order valence-corrected chi connectivity index (χ4v) is 8.98. The van der Waals surface area contributed by atoms with Crippen LogP contribution in [0.2, 0.25) is 0 Å². The van der Waals surface area contributed by atoms with E-state index in [0.717, 1.165) is 39.0 Å². The van der Waals surface area contributed by atoms with Gasteiger partial charge in [0, 0.05) is 33.0 Å². The van der Waals surface area contributed by atoms with Gasteiger partial charge in [-0.1, -0.05) is 84.9 Å². The highest BCUT2D eigenvalue weighted by Gasteiger charge is 2.51. The van der Waals surface area contributed by atoms with Gasteiger partial charge in [-0.15, -0.1) is 0 Å². The Morgan fingerprint density at radius 3 is 1.35 bits per heavy atom. The van der Waals surface area contributed by atoms with Crippen LogP contribution in [0.15, 0.2) is 103 Å². The Balaban J connectivity index is 1.37. The Kier molecular flexibility index (Phi) is 9.49. The highest BCUT2D eigenvalue weighted by atomic mass is 16.7. The van der Waals surface area contributed by atoms with E-state index in [2.05, 4.69) is 130 Å². The molecule has 0 aliphatic carbocycles. The molecule has 0 spiro atoms. The monoisotopic (exact) mass is 788 g/mol. The molecule has 0 radical (unpaired) electrons. The van der Waals surface area contributed by atoms with Gasteiger partial charge in [0.2, 0.25) is 0 Å². The maximum atomic E-state index is 6.61. The maximum Gasteiger partial charge on any atom is 0.494 e. The van der Waals surface area contributed by atoms with E-state index in [9.17, 15) is 0 Å². The molecule has 0 N–H and O–H groups in total. The zero-order chi connectivity index (χ0) is 42.4. The van der Waals surface area contributed by atoms with Crippen molar-refractivity contribution in [3.05, 3.63) is 148 Å². The smallest absolute Gasteiger partial charge is 0.399 e. The zero-order valence-corrected chi connectivity index (χ0v) is 37.0. The van der Waals surface area contributed by atoms with Crippen LogP contribution in [0.4, 0.5) is 0 Å². The first-order valence-electron chi connectivity index (χ1n) is 21.1. The van der Waals surface area contributed by atoms with Gasteiger partial charge in [0.05, 0.1) is 27.9 Å². The van der Waals surface area contributed by atoms with Crippen molar-refractivity contribution < 1.29 is 9.31 Å². The SMILES string of the molecule is Cc1c(C)c(C)c2c(c1C)c1c(C)c(C)c(C)c(C)c1n2-c1ccc(-c2nc(-c3ccccc3)nc(-c3ccccc3)n2)cc1-c1cccc(B2OC(C)(C)C(C)(C)O2)c1. The molecule has 300 valence electrons. The van der Waals surface area contributed by atoms with Crippen LogP contribution in [0.5, 0.6) is 0 Å². The first kappa shape index (κ1) is 39.6. The molecule has 8 aromatic rings. The predicted molar refractivity (Wildman–Crippen MR) is 250 cm³/mol. The van der Waals surface area contributed by atoms with Crippen molar-refractivity contribution in [1.82, 2.24) is 19.5 Å². The fraction of sp³-hybridized carbons (Fsp3) is 0.264. The van der Waals surface area contributed by atoms with Crippen molar-refractivity contribution in [2.75, 3.05) is 0 Å². The number of aryl methyl sites for hydroxylation is 4. The summed E-state index contributed by atoms with van der Waals surface area (Å²) in [6.07, 6.45) is 0. The Morgan fingerprint density at radius 1 is 0.433 bits per heavy atom. The standard InChI is InChI=1S/C53H53BN4O2/c1-30-32(3)36(7)47-45(34(30)5)46-35(6)31(2)33(4)37(8)48(46)58(47)44-27-26-41(29-43(44)40-24-19-25-42(28-40)54-59-52(9,10)53(11,12)60-54)51-56-49(38-20-15-13-16-21-38)55-50(57-51)39-22-17-14-18-23-39/h13-29H,1-12H3. The largest absolute Gasteiger partial charge is 0.494 e. The van der Waals surface area contributed by atoms with Crippen molar-refractivity contribution in [3.8, 4) is 51.0 Å². The molecule has 9 rings (SSSR count). The number of benzene rings is 6. The van der Waals surface area contributed by atoms with E-state index in [4.69, 9.17) is 24.3 Å². The van der Waals surface area contributed by atoms with E-state index in [0.29, 0.717) is 17.5 Å². The lowest BCUT2D eigenvalue weighted by atomic mass is 9.78. The summed E-state index contributed by atoms with van der Waals surface area (Å²) in [4.78, 5) is 15.3. The van der Waals surface area contributed by atoms with Crippen molar-refractivity contribution in [2.24, 2.45) is 0 Å². The van der Waals surface area contributed by atoms with Crippen LogP contribution >= 0.6 is 0 Å². The van der Waals surface area contributed by atoms with E-state index in [1.807, 2.05) is 60.7 Å². The molecule has 0 bridgehead atoms. The molecule has 1 fully saturated rings. The minimum atomic E-state index is -0.508. The molecule has 6 nitrogen and oxygen atoms in total. The molecule has 6 aromatic carbocycles. The van der Waals surface area contributed by atoms with Gasteiger partial charge in [0.15, 0.2) is 17.5 Å². The quantitative estimate of drug-likeness (QED) is 0.157. The molecule has 1 aliphatic rings. The lowest BCUT2D eigenvalue weighted by molar-refractivity contribution is 0.00578. The molecular formula is C53H53BN4O2. The summed E-state index contributed by atoms with van der Waals surface area (Å²) in [5, 5.41) is 2.65. The molecule has 1 saturated heterocycles. The number of hydrogen-bond donors (Lipinski definition) is 0. The average molecular weight is 789 g/mol. The highest BCUT2D eigenvalue weighted by molar-refractivity contribution is 6.62. The molecule has 0 saturated carbocycles. The molecule has 7 heteroatoms. The average Bonchev–Trinajstić information content (AvgIpc) is 3.73. The second-order valence-corrected chi connectivity index (χ2v) is 17.8. The first-order valence-corrected chi connectivity index (χ1v) is 21.1. The van der Waals surface area contributed by atoms with Gasteiger partial charge in [-0.25, -0.2) is 15.0 Å². The topological polar surface area (TPSA) is 62.1 Å². The lowest BCUT2D eigenvalue weighted by Crippen LogP contribution is -2.41. The van der Waals surface area contributed by atoms with Crippen molar-refractivity contribution in [2.45, 2.75) is 94.3 Å². The third kappa shape index (κ3) is 6.21. The predicted octanol–water partition coefficient (Wildman–Crippen LogP) is 12.4. The van der Waals surface area contributed by atoms with Gasteiger partial charge in [-0.3, -0.25) is 0 Å². The third-order valence-corrected chi connectivity index (χ3v) is 13.9. The number of rotatable bonds is 6. The molecule has 3 heterocycles. The van der Waals surface area contributed by atoms with Crippen molar-refractivity contribution in [1.29, 1.82) is 0 Å². The van der Waals surface area contributed by atoms with Gasteiger partial charge in [-0.2, -0.15) is 0 Å². The molecular weight excluding hydrogens is 735 g/mol. The van der Waals surface area contributed by atoms with Gasteiger partial charge in [0.25, 0.3) is 0 Å². The maximum absolute atomic E-state index is 6.61. The molecule has 1 aliphatic heterocycles. The van der Waals surface area contributed by atoms with Crippen LogP contribution in [-0.4, -0.2) is 37.8 Å². The van der Waals surface area contributed by atoms with Crippen LogP contribution in [0.3, 0.4) is 0 Å². The molecule has 0 unspecified atom stereocenters. The minimum Gasteiger partial charge on any atom is -0.399 e. The molecule has 60 heavy (non-hydrogen) atoms. The summed E-state index contributed by atoms with van der Waals surface area (Å²) in [6.45, 7) is 26.7. The van der Waals surface area contributed by atoms with Gasteiger partial charge < -0.3 is 13.9 Å². The van der Waals surface area contributed by atoms with Crippen LogP contribution in [0.25, 0.3) is 72.8 Å². The zero-order valence-electron chi connectivity index (χ0n) is 37.0. The Bertz CT molecular complexity index is 2870. The van der Waals surface area contributed by atoms with Gasteiger partial charge in [0.1, 0.15) is 0 Å². The van der Waals surface area contributed by atoms with E-state index in [-0.39, 0.29) is 0 Å². The van der Waals surface area contributed by atoms with E-state index >= 15 is 0 Å². The summed E-state index contributed by atoms with van der Waals surface area (Å²) >= 11 is 0.